The number of imidazole rings is 1. The second-order valence-electron chi connectivity index (χ2n) is 8.53. The van der Waals surface area contributed by atoms with E-state index in [0.29, 0.717) is 11.8 Å². The Labute approximate surface area is 198 Å². The first-order chi connectivity index (χ1) is 16.2. The number of benzene rings is 2. The Morgan fingerprint density at radius 1 is 1.09 bits per heavy atom. The minimum Gasteiger partial charge on any atom is -0.497 e. The van der Waals surface area contributed by atoms with E-state index >= 15 is 0 Å². The third kappa shape index (κ3) is 4.47. The van der Waals surface area contributed by atoms with E-state index in [1.54, 1.807) is 26.0 Å². The zero-order valence-corrected chi connectivity index (χ0v) is 19.9. The second-order valence-corrected chi connectivity index (χ2v) is 9.48. The molecule has 3 aromatic rings. The van der Waals surface area contributed by atoms with Crippen molar-refractivity contribution >= 4 is 17.7 Å². The predicted octanol–water partition coefficient (Wildman–Crippen LogP) is 5.36. The molecule has 1 unspecified atom stereocenters. The Morgan fingerprint density at radius 2 is 1.91 bits per heavy atom. The fourth-order valence-corrected chi connectivity index (χ4v) is 5.59. The molecule has 33 heavy (non-hydrogen) atoms. The number of nitrogens with zero attached hydrogens (tertiary/aromatic N) is 3. The van der Waals surface area contributed by atoms with Gasteiger partial charge >= 0.3 is 0 Å². The van der Waals surface area contributed by atoms with Crippen LogP contribution in [-0.2, 0) is 4.79 Å². The van der Waals surface area contributed by atoms with Crippen LogP contribution in [0, 0.1) is 0 Å². The van der Waals surface area contributed by atoms with Crippen LogP contribution in [0.1, 0.15) is 43.3 Å². The first-order valence-electron chi connectivity index (χ1n) is 11.5. The summed E-state index contributed by atoms with van der Waals surface area (Å²) >= 11 is 1.55. The van der Waals surface area contributed by atoms with Gasteiger partial charge in [0.2, 0.25) is 5.91 Å². The van der Waals surface area contributed by atoms with Crippen LogP contribution in [0.5, 0.6) is 11.5 Å². The Hall–Kier alpha value is -2.93. The summed E-state index contributed by atoms with van der Waals surface area (Å²) in [7, 11) is 3.33. The number of ether oxygens (including phenoxy) is 2. The van der Waals surface area contributed by atoms with Crippen LogP contribution in [-0.4, -0.2) is 46.9 Å². The lowest BCUT2D eigenvalue weighted by Crippen LogP contribution is -2.32. The number of aromatic nitrogens is 2. The third-order valence-electron chi connectivity index (χ3n) is 6.44. The maximum absolute atomic E-state index is 13.3. The van der Waals surface area contributed by atoms with Crippen molar-refractivity contribution in [2.45, 2.75) is 42.9 Å². The summed E-state index contributed by atoms with van der Waals surface area (Å²) in [6.07, 6.45) is 6.19. The highest BCUT2D eigenvalue weighted by Gasteiger charge is 2.33. The number of carbonyl (C=O) groups excluding carboxylic acids is 1. The maximum atomic E-state index is 13.3. The minimum absolute atomic E-state index is 0.00575. The second kappa shape index (κ2) is 9.51. The van der Waals surface area contributed by atoms with E-state index in [1.165, 1.54) is 18.4 Å². The molecule has 1 saturated heterocycles. The van der Waals surface area contributed by atoms with Crippen LogP contribution in [0.4, 0.5) is 0 Å². The monoisotopic (exact) mass is 463 g/mol. The standard InChI is InChI=1S/C26H29N3O3S/c1-31-20-12-13-24(32-2)21(15-20)22-9-6-14-28(22)25(30)17-33-26-27-16-23(29(26)19-10-11-19)18-7-4-3-5-8-18/h3-5,7-8,12-13,15-16,19,22H,6,9-11,14,17H2,1-2H3. The highest BCUT2D eigenvalue weighted by atomic mass is 32.2. The Morgan fingerprint density at radius 3 is 2.64 bits per heavy atom. The van der Waals surface area contributed by atoms with Crippen LogP contribution < -0.4 is 9.47 Å². The smallest absolute Gasteiger partial charge is 0.233 e. The zero-order valence-electron chi connectivity index (χ0n) is 19.1. The molecule has 7 heteroatoms. The Balaban J connectivity index is 1.33. The van der Waals surface area contributed by atoms with Gasteiger partial charge in [-0.25, -0.2) is 4.98 Å². The van der Waals surface area contributed by atoms with Crippen LogP contribution in [0.25, 0.3) is 11.3 Å². The van der Waals surface area contributed by atoms with E-state index in [-0.39, 0.29) is 11.9 Å². The number of carbonyl (C=O) groups is 1. The lowest BCUT2D eigenvalue weighted by atomic mass is 10.0. The fourth-order valence-electron chi connectivity index (χ4n) is 4.66. The number of rotatable bonds is 8. The van der Waals surface area contributed by atoms with Gasteiger partial charge in [-0.2, -0.15) is 0 Å². The predicted molar refractivity (Wildman–Crippen MR) is 130 cm³/mol. The average molecular weight is 464 g/mol. The molecule has 172 valence electrons. The van der Waals surface area contributed by atoms with Crippen molar-refractivity contribution in [1.29, 1.82) is 0 Å². The van der Waals surface area contributed by atoms with Gasteiger partial charge in [0.05, 0.1) is 37.9 Å². The van der Waals surface area contributed by atoms with Gasteiger partial charge in [-0.1, -0.05) is 42.1 Å². The molecule has 6 nitrogen and oxygen atoms in total. The quantitative estimate of drug-likeness (QED) is 0.421. The summed E-state index contributed by atoms with van der Waals surface area (Å²) in [4.78, 5) is 20.0. The summed E-state index contributed by atoms with van der Waals surface area (Å²) in [6.45, 7) is 0.761. The molecule has 1 aliphatic carbocycles. The maximum Gasteiger partial charge on any atom is 0.233 e. The number of thioether (sulfide) groups is 1. The molecule has 1 amide bonds. The van der Waals surface area contributed by atoms with Crippen LogP contribution in [0.3, 0.4) is 0 Å². The molecule has 1 aliphatic heterocycles. The summed E-state index contributed by atoms with van der Waals surface area (Å²) < 4.78 is 13.3. The van der Waals surface area contributed by atoms with Crippen molar-refractivity contribution in [3.63, 3.8) is 0 Å². The first kappa shape index (κ1) is 21.9. The van der Waals surface area contributed by atoms with E-state index in [1.807, 2.05) is 35.4 Å². The molecular weight excluding hydrogens is 434 g/mol. The number of methoxy groups -OCH3 is 2. The van der Waals surface area contributed by atoms with Crippen molar-refractivity contribution in [2.24, 2.45) is 0 Å². The SMILES string of the molecule is COc1ccc(OC)c(C2CCCN2C(=O)CSc2ncc(-c3ccccc3)n2C2CC2)c1. The summed E-state index contributed by atoms with van der Waals surface area (Å²) in [5, 5.41) is 0.930. The average Bonchev–Trinajstić information content (AvgIpc) is 3.41. The van der Waals surface area contributed by atoms with Gasteiger partial charge in [-0.15, -0.1) is 0 Å². The Kier molecular flexibility index (Phi) is 6.31. The first-order valence-corrected chi connectivity index (χ1v) is 12.4. The van der Waals surface area contributed by atoms with Crippen molar-refractivity contribution in [3.05, 3.63) is 60.3 Å². The molecule has 5 rings (SSSR count). The highest BCUT2D eigenvalue weighted by Crippen LogP contribution is 2.43. The van der Waals surface area contributed by atoms with Crippen LogP contribution in [0.15, 0.2) is 59.9 Å². The number of amides is 1. The van der Waals surface area contributed by atoms with Gasteiger partial charge in [-0.05, 0) is 49.4 Å². The van der Waals surface area contributed by atoms with Gasteiger partial charge in [0, 0.05) is 18.2 Å². The third-order valence-corrected chi connectivity index (χ3v) is 7.39. The van der Waals surface area contributed by atoms with Crippen LogP contribution >= 0.6 is 11.8 Å². The molecule has 1 aromatic heterocycles. The van der Waals surface area contributed by atoms with E-state index < -0.39 is 0 Å². The van der Waals surface area contributed by atoms with E-state index in [0.717, 1.165) is 47.3 Å². The van der Waals surface area contributed by atoms with Crippen molar-refractivity contribution < 1.29 is 14.3 Å². The molecule has 0 radical (unpaired) electrons. The van der Waals surface area contributed by atoms with E-state index in [2.05, 4.69) is 28.8 Å². The normalized spacial score (nSPS) is 17.9. The van der Waals surface area contributed by atoms with Gasteiger partial charge < -0.3 is 18.9 Å². The number of hydrogen-bond donors (Lipinski definition) is 0. The lowest BCUT2D eigenvalue weighted by Gasteiger charge is -2.26. The Bertz CT molecular complexity index is 1130. The molecule has 0 bridgehead atoms. The highest BCUT2D eigenvalue weighted by molar-refractivity contribution is 7.99. The summed E-state index contributed by atoms with van der Waals surface area (Å²) in [5.74, 6) is 2.09. The molecule has 1 saturated carbocycles. The van der Waals surface area contributed by atoms with Crippen molar-refractivity contribution in [2.75, 3.05) is 26.5 Å². The minimum atomic E-state index is 0.00575. The van der Waals surface area contributed by atoms with E-state index in [4.69, 9.17) is 14.5 Å². The molecule has 0 spiro atoms. The fraction of sp³-hybridized carbons (Fsp3) is 0.385. The molecular formula is C26H29N3O3S. The molecule has 2 aromatic carbocycles. The molecule has 1 atom stereocenters. The summed E-state index contributed by atoms with van der Waals surface area (Å²) in [6, 6.07) is 16.7. The molecule has 0 N–H and O–H groups in total. The number of hydrogen-bond acceptors (Lipinski definition) is 5. The molecule has 2 aliphatic rings. The lowest BCUT2D eigenvalue weighted by molar-refractivity contribution is -0.129. The molecule has 2 fully saturated rings. The zero-order chi connectivity index (χ0) is 22.8. The van der Waals surface area contributed by atoms with Crippen LogP contribution in [0.2, 0.25) is 0 Å². The van der Waals surface area contributed by atoms with Gasteiger partial charge in [0.25, 0.3) is 0 Å². The topological polar surface area (TPSA) is 56.6 Å². The summed E-state index contributed by atoms with van der Waals surface area (Å²) in [5.41, 5.74) is 3.31. The largest absolute Gasteiger partial charge is 0.497 e. The van der Waals surface area contributed by atoms with Crippen molar-refractivity contribution in [3.8, 4) is 22.8 Å². The van der Waals surface area contributed by atoms with Gasteiger partial charge in [-0.3, -0.25) is 4.79 Å². The number of likely N-dealkylation sites (tertiary alicyclic amines) is 1. The van der Waals surface area contributed by atoms with Gasteiger partial charge in [0.15, 0.2) is 5.16 Å². The van der Waals surface area contributed by atoms with Gasteiger partial charge in [0.1, 0.15) is 11.5 Å². The van der Waals surface area contributed by atoms with Crippen molar-refractivity contribution in [1.82, 2.24) is 14.5 Å². The van der Waals surface area contributed by atoms with E-state index in [9.17, 15) is 4.79 Å². The molecule has 2 heterocycles.